The summed E-state index contributed by atoms with van der Waals surface area (Å²) in [6, 6.07) is -0.139. The molecular weight excluding hydrogens is 144 g/mol. The minimum atomic E-state index is -0.139. The first kappa shape index (κ1) is 10.4. The van der Waals surface area contributed by atoms with Crippen molar-refractivity contribution >= 4 is 5.91 Å². The number of carbonyl (C=O) groups excluding carboxylic acids is 1. The summed E-state index contributed by atoms with van der Waals surface area (Å²) in [5.74, 6) is -0.0440. The van der Waals surface area contributed by atoms with E-state index in [9.17, 15) is 4.79 Å². The Hall–Kier alpha value is -0.610. The van der Waals surface area contributed by atoms with Crippen LogP contribution in [0.25, 0.3) is 0 Å². The Morgan fingerprint density at radius 2 is 2.27 bits per heavy atom. The third-order valence-electron chi connectivity index (χ3n) is 1.64. The number of hydrogen-bond donors (Lipinski definition) is 1. The van der Waals surface area contributed by atoms with Gasteiger partial charge in [-0.05, 0) is 13.5 Å². The van der Waals surface area contributed by atoms with Crippen LogP contribution in [-0.2, 0) is 9.63 Å². The maximum atomic E-state index is 11.3. The lowest BCUT2D eigenvalue weighted by atomic mass is 10.2. The number of amides is 1. The number of hydroxylamine groups is 2. The van der Waals surface area contributed by atoms with Crippen LogP contribution in [-0.4, -0.2) is 38.2 Å². The van der Waals surface area contributed by atoms with Crippen molar-refractivity contribution in [2.75, 3.05) is 21.2 Å². The predicted molar refractivity (Wildman–Crippen MR) is 42.9 cm³/mol. The van der Waals surface area contributed by atoms with Gasteiger partial charge in [0.15, 0.2) is 0 Å². The number of carbonyl (C=O) groups is 1. The molecule has 1 amide bonds. The summed E-state index contributed by atoms with van der Waals surface area (Å²) in [5, 5.41) is 4.12. The summed E-state index contributed by atoms with van der Waals surface area (Å²) in [6.45, 7) is 1.95. The second kappa shape index (κ2) is 5.09. The fraction of sp³-hybridized carbons (Fsp3) is 0.857. The summed E-state index contributed by atoms with van der Waals surface area (Å²) in [6.07, 6.45) is 0.767. The lowest BCUT2D eigenvalue weighted by Gasteiger charge is -2.19. The van der Waals surface area contributed by atoms with E-state index in [0.29, 0.717) is 0 Å². The predicted octanol–water partition coefficient (Wildman–Crippen LogP) is 0.00420. The molecule has 0 radical (unpaired) electrons. The average Bonchev–Trinajstić information content (AvgIpc) is 2.05. The van der Waals surface area contributed by atoms with Gasteiger partial charge >= 0.3 is 0 Å². The van der Waals surface area contributed by atoms with Gasteiger partial charge in [0.25, 0.3) is 5.91 Å². The molecule has 0 aromatic carbocycles. The number of nitrogens with one attached hydrogen (secondary N) is 1. The van der Waals surface area contributed by atoms with E-state index in [-0.39, 0.29) is 11.9 Å². The molecule has 0 fully saturated rings. The van der Waals surface area contributed by atoms with Crippen molar-refractivity contribution in [3.05, 3.63) is 0 Å². The smallest absolute Gasteiger partial charge is 0.262 e. The van der Waals surface area contributed by atoms with Gasteiger partial charge in [-0.25, -0.2) is 5.06 Å². The van der Waals surface area contributed by atoms with Crippen molar-refractivity contribution in [2.24, 2.45) is 0 Å². The molecule has 4 heteroatoms. The molecule has 66 valence electrons. The van der Waals surface area contributed by atoms with Crippen LogP contribution in [0.3, 0.4) is 0 Å². The minimum Gasteiger partial charge on any atom is -0.309 e. The van der Waals surface area contributed by atoms with Gasteiger partial charge in [-0.15, -0.1) is 0 Å². The first-order valence-corrected chi connectivity index (χ1v) is 3.66. The summed E-state index contributed by atoms with van der Waals surface area (Å²) < 4.78 is 0. The number of hydrogen-bond acceptors (Lipinski definition) is 3. The number of likely N-dealkylation sites (N-methyl/N-ethyl adjacent to an activating group) is 2. The van der Waals surface area contributed by atoms with Crippen molar-refractivity contribution in [1.82, 2.24) is 10.4 Å². The van der Waals surface area contributed by atoms with E-state index >= 15 is 0 Å². The molecule has 0 aliphatic heterocycles. The van der Waals surface area contributed by atoms with E-state index < -0.39 is 0 Å². The molecule has 1 atom stereocenters. The Labute approximate surface area is 67.5 Å². The second-order valence-electron chi connectivity index (χ2n) is 2.27. The van der Waals surface area contributed by atoms with Crippen LogP contribution >= 0.6 is 0 Å². The van der Waals surface area contributed by atoms with Crippen LogP contribution in [0.2, 0.25) is 0 Å². The summed E-state index contributed by atoms with van der Waals surface area (Å²) in [7, 11) is 4.83. The van der Waals surface area contributed by atoms with Crippen molar-refractivity contribution < 1.29 is 9.63 Å². The zero-order valence-electron chi connectivity index (χ0n) is 7.55. The molecule has 0 aromatic rings. The molecular formula is C7H16N2O2. The molecule has 1 N–H and O–H groups in total. The van der Waals surface area contributed by atoms with Crippen LogP contribution in [0.1, 0.15) is 13.3 Å². The molecule has 0 saturated carbocycles. The lowest BCUT2D eigenvalue weighted by Crippen LogP contribution is -2.42. The molecule has 0 spiro atoms. The highest BCUT2D eigenvalue weighted by Gasteiger charge is 2.17. The van der Waals surface area contributed by atoms with Crippen molar-refractivity contribution in [1.29, 1.82) is 0 Å². The molecule has 0 aliphatic carbocycles. The summed E-state index contributed by atoms with van der Waals surface area (Å²) in [5.41, 5.74) is 0. The third kappa shape index (κ3) is 2.86. The molecule has 0 bridgehead atoms. The zero-order valence-corrected chi connectivity index (χ0v) is 7.55. The van der Waals surface area contributed by atoms with Crippen LogP contribution in [0.5, 0.6) is 0 Å². The largest absolute Gasteiger partial charge is 0.309 e. The first-order chi connectivity index (χ1) is 5.17. The van der Waals surface area contributed by atoms with E-state index in [1.807, 2.05) is 6.92 Å². The van der Waals surface area contributed by atoms with Crippen LogP contribution in [0, 0.1) is 0 Å². The fourth-order valence-corrected chi connectivity index (χ4v) is 0.812. The van der Waals surface area contributed by atoms with Gasteiger partial charge < -0.3 is 5.32 Å². The molecule has 0 aromatic heterocycles. The van der Waals surface area contributed by atoms with Gasteiger partial charge in [-0.3, -0.25) is 9.63 Å². The van der Waals surface area contributed by atoms with Gasteiger partial charge in [0.2, 0.25) is 0 Å². The zero-order chi connectivity index (χ0) is 8.85. The van der Waals surface area contributed by atoms with E-state index in [2.05, 4.69) is 5.32 Å². The summed E-state index contributed by atoms with van der Waals surface area (Å²) in [4.78, 5) is 16.0. The Kier molecular flexibility index (Phi) is 4.81. The van der Waals surface area contributed by atoms with Gasteiger partial charge in [-0.2, -0.15) is 0 Å². The van der Waals surface area contributed by atoms with E-state index in [0.717, 1.165) is 6.42 Å². The van der Waals surface area contributed by atoms with E-state index in [1.54, 1.807) is 14.1 Å². The number of nitrogens with zero attached hydrogens (tertiary/aromatic N) is 1. The molecule has 0 heterocycles. The maximum absolute atomic E-state index is 11.3. The number of rotatable bonds is 4. The quantitative estimate of drug-likeness (QED) is 0.589. The molecule has 1 unspecified atom stereocenters. The minimum absolute atomic E-state index is 0.0440. The fourth-order valence-electron chi connectivity index (χ4n) is 0.812. The molecule has 0 rings (SSSR count). The van der Waals surface area contributed by atoms with Gasteiger partial charge in [-0.1, -0.05) is 6.92 Å². The normalized spacial score (nSPS) is 12.7. The van der Waals surface area contributed by atoms with Gasteiger partial charge in [0.1, 0.15) is 0 Å². The molecule has 11 heavy (non-hydrogen) atoms. The monoisotopic (exact) mass is 160 g/mol. The van der Waals surface area contributed by atoms with Crippen molar-refractivity contribution in [3.63, 3.8) is 0 Å². The van der Waals surface area contributed by atoms with Gasteiger partial charge in [0, 0.05) is 7.05 Å². The SMILES string of the molecule is CCC(NC)C(=O)N(C)OC. The first-order valence-electron chi connectivity index (χ1n) is 3.66. The Balaban J connectivity index is 3.97. The Morgan fingerprint density at radius 3 is 2.55 bits per heavy atom. The molecule has 0 aliphatic rings. The third-order valence-corrected chi connectivity index (χ3v) is 1.64. The highest BCUT2D eigenvalue weighted by Crippen LogP contribution is 1.95. The molecule has 4 nitrogen and oxygen atoms in total. The Bertz CT molecular complexity index is 124. The molecule has 0 saturated heterocycles. The maximum Gasteiger partial charge on any atom is 0.262 e. The van der Waals surface area contributed by atoms with E-state index in [1.165, 1.54) is 12.2 Å². The van der Waals surface area contributed by atoms with Crippen LogP contribution in [0.15, 0.2) is 0 Å². The average molecular weight is 160 g/mol. The standard InChI is InChI=1S/C7H16N2O2/c1-5-6(8-2)7(10)9(3)11-4/h6,8H,5H2,1-4H3. The topological polar surface area (TPSA) is 41.6 Å². The van der Waals surface area contributed by atoms with E-state index in [4.69, 9.17) is 4.84 Å². The van der Waals surface area contributed by atoms with Crippen molar-refractivity contribution in [3.8, 4) is 0 Å². The van der Waals surface area contributed by atoms with Crippen LogP contribution in [0.4, 0.5) is 0 Å². The second-order valence-corrected chi connectivity index (χ2v) is 2.27. The highest BCUT2D eigenvalue weighted by atomic mass is 16.7. The highest BCUT2D eigenvalue weighted by molar-refractivity contribution is 5.80. The van der Waals surface area contributed by atoms with Gasteiger partial charge in [0.05, 0.1) is 13.2 Å². The Morgan fingerprint density at radius 1 is 1.73 bits per heavy atom. The summed E-state index contributed by atoms with van der Waals surface area (Å²) >= 11 is 0. The van der Waals surface area contributed by atoms with Crippen LogP contribution < -0.4 is 5.32 Å². The lowest BCUT2D eigenvalue weighted by molar-refractivity contribution is -0.171. The van der Waals surface area contributed by atoms with Crippen molar-refractivity contribution in [2.45, 2.75) is 19.4 Å².